The van der Waals surface area contributed by atoms with E-state index >= 15 is 0 Å². The van der Waals surface area contributed by atoms with Crippen molar-refractivity contribution in [2.45, 2.75) is 40.2 Å². The maximum absolute atomic E-state index is 4.80. The summed E-state index contributed by atoms with van der Waals surface area (Å²) in [5, 5.41) is 5.54. The third-order valence-corrected chi connectivity index (χ3v) is 5.77. The predicted molar refractivity (Wildman–Crippen MR) is 92.5 cm³/mol. The van der Waals surface area contributed by atoms with Crippen LogP contribution in [-0.4, -0.2) is 9.55 Å². The normalized spacial score (nSPS) is 11.5. The van der Waals surface area contributed by atoms with Gasteiger partial charge in [-0.15, -0.1) is 22.7 Å². The van der Waals surface area contributed by atoms with Crippen molar-refractivity contribution in [3.63, 3.8) is 0 Å². The number of thiophene rings is 1. The van der Waals surface area contributed by atoms with Gasteiger partial charge in [-0.1, -0.05) is 19.9 Å². The number of aromatic nitrogens is 2. The highest BCUT2D eigenvalue weighted by molar-refractivity contribution is 7.10. The van der Waals surface area contributed by atoms with Gasteiger partial charge in [-0.05, 0) is 31.4 Å². The first-order valence-electron chi connectivity index (χ1n) is 7.21. The Labute approximate surface area is 134 Å². The molecule has 0 amide bonds. The molecular weight excluding hydrogens is 296 g/mol. The second-order valence-corrected chi connectivity index (χ2v) is 7.60. The average Bonchev–Trinajstić information content (AvgIpc) is 3.15. The van der Waals surface area contributed by atoms with Crippen molar-refractivity contribution < 1.29 is 0 Å². The van der Waals surface area contributed by atoms with Gasteiger partial charge in [0, 0.05) is 33.1 Å². The number of hydrogen-bond donors (Lipinski definition) is 0. The van der Waals surface area contributed by atoms with Gasteiger partial charge >= 0.3 is 0 Å². The third-order valence-electron chi connectivity index (χ3n) is 3.76. The molecule has 0 atom stereocenters. The average molecular weight is 316 g/mol. The highest BCUT2D eigenvalue weighted by Crippen LogP contribution is 2.31. The Morgan fingerprint density at radius 3 is 2.67 bits per heavy atom. The lowest BCUT2D eigenvalue weighted by molar-refractivity contribution is 0.760. The molecule has 0 unspecified atom stereocenters. The molecule has 0 spiro atoms. The van der Waals surface area contributed by atoms with Crippen LogP contribution in [0.5, 0.6) is 0 Å². The summed E-state index contributed by atoms with van der Waals surface area (Å²) >= 11 is 3.58. The summed E-state index contributed by atoms with van der Waals surface area (Å²) in [6, 6.07) is 6.58. The summed E-state index contributed by atoms with van der Waals surface area (Å²) in [6.07, 6.45) is 0. The standard InChI is InChI=1S/C17H20N2S2/c1-11(2)17-18-16(10-21-17)15-8-12(3)19(13(15)4)9-14-6-5-7-20-14/h5-8,10-11H,9H2,1-4H3. The fourth-order valence-electron chi connectivity index (χ4n) is 2.54. The van der Waals surface area contributed by atoms with E-state index in [1.54, 1.807) is 11.3 Å². The van der Waals surface area contributed by atoms with Gasteiger partial charge in [0.2, 0.25) is 0 Å². The van der Waals surface area contributed by atoms with E-state index in [0.717, 1.165) is 12.2 Å². The molecule has 3 rings (SSSR count). The summed E-state index contributed by atoms with van der Waals surface area (Å²) in [7, 11) is 0. The van der Waals surface area contributed by atoms with Gasteiger partial charge in [-0.2, -0.15) is 0 Å². The van der Waals surface area contributed by atoms with Crippen LogP contribution in [-0.2, 0) is 6.54 Å². The van der Waals surface area contributed by atoms with Crippen LogP contribution in [0.15, 0.2) is 29.0 Å². The molecule has 0 saturated carbocycles. The first-order chi connectivity index (χ1) is 10.1. The molecule has 3 aromatic rings. The molecule has 21 heavy (non-hydrogen) atoms. The van der Waals surface area contributed by atoms with E-state index in [1.807, 2.05) is 11.3 Å². The second kappa shape index (κ2) is 5.78. The molecule has 3 aromatic heterocycles. The maximum Gasteiger partial charge on any atom is 0.0958 e. The Morgan fingerprint density at radius 1 is 1.24 bits per heavy atom. The van der Waals surface area contributed by atoms with Crippen LogP contribution in [0.25, 0.3) is 11.3 Å². The zero-order valence-corrected chi connectivity index (χ0v) is 14.5. The SMILES string of the molecule is Cc1cc(-c2csc(C(C)C)n2)c(C)n1Cc1cccs1. The van der Waals surface area contributed by atoms with Gasteiger partial charge in [0.1, 0.15) is 0 Å². The maximum atomic E-state index is 4.80. The van der Waals surface area contributed by atoms with Crippen molar-refractivity contribution in [1.82, 2.24) is 9.55 Å². The lowest BCUT2D eigenvalue weighted by Crippen LogP contribution is -2.02. The van der Waals surface area contributed by atoms with Crippen LogP contribution in [0, 0.1) is 13.8 Å². The monoisotopic (exact) mass is 316 g/mol. The Kier molecular flexibility index (Phi) is 4.00. The fourth-order valence-corrected chi connectivity index (χ4v) is 4.07. The number of thiazole rings is 1. The Morgan fingerprint density at radius 2 is 2.05 bits per heavy atom. The summed E-state index contributed by atoms with van der Waals surface area (Å²) < 4.78 is 2.38. The zero-order valence-electron chi connectivity index (χ0n) is 12.9. The Hall–Kier alpha value is -1.39. The number of hydrogen-bond acceptors (Lipinski definition) is 3. The number of aryl methyl sites for hydroxylation is 1. The largest absolute Gasteiger partial charge is 0.343 e. The Bertz CT molecular complexity index is 733. The summed E-state index contributed by atoms with van der Waals surface area (Å²) in [5.41, 5.74) is 5.00. The quantitative estimate of drug-likeness (QED) is 0.625. The van der Waals surface area contributed by atoms with E-state index in [1.165, 1.54) is 26.8 Å². The van der Waals surface area contributed by atoms with Gasteiger partial charge in [0.25, 0.3) is 0 Å². The zero-order chi connectivity index (χ0) is 15.0. The van der Waals surface area contributed by atoms with Crippen LogP contribution in [0.4, 0.5) is 0 Å². The summed E-state index contributed by atoms with van der Waals surface area (Å²) in [5.74, 6) is 0.498. The van der Waals surface area contributed by atoms with Crippen molar-refractivity contribution >= 4 is 22.7 Å². The first kappa shape index (κ1) is 14.5. The molecule has 3 heterocycles. The minimum atomic E-state index is 0.498. The number of rotatable bonds is 4. The highest BCUT2D eigenvalue weighted by Gasteiger charge is 2.15. The van der Waals surface area contributed by atoms with Gasteiger partial charge in [-0.3, -0.25) is 0 Å². The van der Waals surface area contributed by atoms with Gasteiger partial charge in [0.05, 0.1) is 17.2 Å². The van der Waals surface area contributed by atoms with Crippen molar-refractivity contribution in [1.29, 1.82) is 0 Å². The molecule has 0 bridgehead atoms. The molecule has 110 valence electrons. The highest BCUT2D eigenvalue weighted by atomic mass is 32.1. The van der Waals surface area contributed by atoms with Crippen molar-refractivity contribution in [3.05, 3.63) is 50.2 Å². The van der Waals surface area contributed by atoms with E-state index in [4.69, 9.17) is 4.98 Å². The predicted octanol–water partition coefficient (Wildman–Crippen LogP) is 5.46. The molecule has 0 fully saturated rings. The van der Waals surface area contributed by atoms with Crippen molar-refractivity contribution in [2.24, 2.45) is 0 Å². The smallest absolute Gasteiger partial charge is 0.0958 e. The molecular formula is C17H20N2S2. The third kappa shape index (κ3) is 2.83. The molecule has 4 heteroatoms. The molecule has 0 aliphatic carbocycles. The second-order valence-electron chi connectivity index (χ2n) is 5.68. The Balaban J connectivity index is 1.96. The molecule has 0 radical (unpaired) electrons. The molecule has 2 nitrogen and oxygen atoms in total. The molecule has 0 aliphatic heterocycles. The van der Waals surface area contributed by atoms with Crippen LogP contribution in [0.2, 0.25) is 0 Å². The van der Waals surface area contributed by atoms with Gasteiger partial charge in [0.15, 0.2) is 0 Å². The van der Waals surface area contributed by atoms with Crippen molar-refractivity contribution in [3.8, 4) is 11.3 Å². The van der Waals surface area contributed by atoms with Gasteiger partial charge < -0.3 is 4.57 Å². The van der Waals surface area contributed by atoms with Gasteiger partial charge in [-0.25, -0.2) is 4.98 Å². The van der Waals surface area contributed by atoms with E-state index in [9.17, 15) is 0 Å². The lowest BCUT2D eigenvalue weighted by Gasteiger charge is -2.08. The van der Waals surface area contributed by atoms with E-state index in [-0.39, 0.29) is 0 Å². The minimum absolute atomic E-state index is 0.498. The van der Waals surface area contributed by atoms with E-state index in [2.05, 4.69) is 61.2 Å². The molecule has 0 aromatic carbocycles. The molecule has 0 N–H and O–H groups in total. The van der Waals surface area contributed by atoms with Crippen molar-refractivity contribution in [2.75, 3.05) is 0 Å². The van der Waals surface area contributed by atoms with Crippen LogP contribution >= 0.6 is 22.7 Å². The number of nitrogens with zero attached hydrogens (tertiary/aromatic N) is 2. The fraction of sp³-hybridized carbons (Fsp3) is 0.353. The minimum Gasteiger partial charge on any atom is -0.343 e. The molecule has 0 saturated heterocycles. The lowest BCUT2D eigenvalue weighted by atomic mass is 10.2. The van der Waals surface area contributed by atoms with Crippen LogP contribution in [0.3, 0.4) is 0 Å². The molecule has 0 aliphatic rings. The summed E-state index contributed by atoms with van der Waals surface area (Å²) in [6.45, 7) is 9.73. The van der Waals surface area contributed by atoms with E-state index < -0.39 is 0 Å². The topological polar surface area (TPSA) is 17.8 Å². The van der Waals surface area contributed by atoms with Crippen LogP contribution in [0.1, 0.15) is 41.0 Å². The summed E-state index contributed by atoms with van der Waals surface area (Å²) in [4.78, 5) is 6.19. The van der Waals surface area contributed by atoms with Crippen LogP contribution < -0.4 is 0 Å². The van der Waals surface area contributed by atoms with E-state index in [0.29, 0.717) is 5.92 Å². The first-order valence-corrected chi connectivity index (χ1v) is 8.97.